The minimum absolute atomic E-state index is 0.123. The van der Waals surface area contributed by atoms with E-state index >= 15 is 0 Å². The van der Waals surface area contributed by atoms with Crippen molar-refractivity contribution in [3.8, 4) is 5.75 Å². The fourth-order valence-corrected chi connectivity index (χ4v) is 1.55. The lowest BCUT2D eigenvalue weighted by molar-refractivity contribution is 0.0950. The lowest BCUT2D eigenvalue weighted by Gasteiger charge is -2.10. The molecule has 1 aliphatic rings. The zero-order chi connectivity index (χ0) is 12.1. The van der Waals surface area contributed by atoms with Crippen LogP contribution in [-0.2, 0) is 0 Å². The largest absolute Gasteiger partial charge is 0.492 e. The van der Waals surface area contributed by atoms with Crippen LogP contribution >= 0.6 is 0 Å². The Morgan fingerprint density at radius 2 is 2.18 bits per heavy atom. The molecule has 4 nitrogen and oxygen atoms in total. The number of para-hydroxylation sites is 1. The number of hydrogen-bond acceptors (Lipinski definition) is 3. The van der Waals surface area contributed by atoms with Crippen LogP contribution in [0.25, 0.3) is 0 Å². The Morgan fingerprint density at radius 1 is 1.41 bits per heavy atom. The molecule has 0 aromatic heterocycles. The Balaban J connectivity index is 2.00. The highest BCUT2D eigenvalue weighted by molar-refractivity contribution is 5.96. The first-order chi connectivity index (χ1) is 8.31. The van der Waals surface area contributed by atoms with Crippen LogP contribution in [0.1, 0.15) is 23.2 Å². The normalized spacial score (nSPS) is 14.4. The molecule has 0 atom stereocenters. The number of nitrogens with one attached hydrogen (secondary N) is 1. The minimum atomic E-state index is -0.123. The molecule has 0 bridgehead atoms. The molecular weight excluding hydrogens is 216 g/mol. The zero-order valence-corrected chi connectivity index (χ0v) is 9.82. The van der Waals surface area contributed by atoms with E-state index in [0.717, 1.165) is 0 Å². The Kier molecular flexibility index (Phi) is 3.98. The molecule has 17 heavy (non-hydrogen) atoms. The van der Waals surface area contributed by atoms with Crippen molar-refractivity contribution in [3.05, 3.63) is 29.8 Å². The third-order valence-corrected chi connectivity index (χ3v) is 2.73. The van der Waals surface area contributed by atoms with Crippen molar-refractivity contribution in [2.75, 3.05) is 19.7 Å². The van der Waals surface area contributed by atoms with Crippen LogP contribution < -0.4 is 15.8 Å². The Morgan fingerprint density at radius 3 is 2.88 bits per heavy atom. The summed E-state index contributed by atoms with van der Waals surface area (Å²) in [6.07, 6.45) is 2.48. The molecule has 0 heterocycles. The highest BCUT2D eigenvalue weighted by Gasteiger charge is 2.22. The van der Waals surface area contributed by atoms with Crippen molar-refractivity contribution >= 4 is 5.91 Å². The molecule has 92 valence electrons. The van der Waals surface area contributed by atoms with Gasteiger partial charge < -0.3 is 15.8 Å². The van der Waals surface area contributed by atoms with E-state index in [1.54, 1.807) is 6.07 Å². The van der Waals surface area contributed by atoms with Crippen LogP contribution in [0, 0.1) is 5.92 Å². The van der Waals surface area contributed by atoms with Gasteiger partial charge in [-0.2, -0.15) is 0 Å². The van der Waals surface area contributed by atoms with Gasteiger partial charge in [-0.05, 0) is 30.9 Å². The molecule has 1 saturated carbocycles. The van der Waals surface area contributed by atoms with E-state index in [4.69, 9.17) is 10.5 Å². The van der Waals surface area contributed by atoms with Gasteiger partial charge in [0.15, 0.2) is 0 Å². The number of carbonyl (C=O) groups is 1. The van der Waals surface area contributed by atoms with Crippen LogP contribution in [0.2, 0.25) is 0 Å². The second-order valence-electron chi connectivity index (χ2n) is 4.30. The maximum atomic E-state index is 11.8. The van der Waals surface area contributed by atoms with Crippen molar-refractivity contribution in [2.45, 2.75) is 12.8 Å². The van der Waals surface area contributed by atoms with Crippen molar-refractivity contribution in [2.24, 2.45) is 11.7 Å². The number of hydrogen-bond donors (Lipinski definition) is 2. The lowest BCUT2D eigenvalue weighted by atomic mass is 10.2. The third-order valence-electron chi connectivity index (χ3n) is 2.73. The molecule has 0 spiro atoms. The van der Waals surface area contributed by atoms with Gasteiger partial charge in [-0.3, -0.25) is 4.79 Å². The summed E-state index contributed by atoms with van der Waals surface area (Å²) < 4.78 is 5.67. The van der Waals surface area contributed by atoms with Gasteiger partial charge >= 0.3 is 0 Å². The second-order valence-corrected chi connectivity index (χ2v) is 4.30. The third kappa shape index (κ3) is 3.46. The van der Waals surface area contributed by atoms with E-state index in [9.17, 15) is 4.79 Å². The summed E-state index contributed by atoms with van der Waals surface area (Å²) in [5.41, 5.74) is 5.94. The van der Waals surface area contributed by atoms with Gasteiger partial charge in [0.2, 0.25) is 0 Å². The predicted molar refractivity (Wildman–Crippen MR) is 66.0 cm³/mol. The molecule has 1 fully saturated rings. The van der Waals surface area contributed by atoms with Crippen molar-refractivity contribution < 1.29 is 9.53 Å². The number of nitrogens with two attached hydrogens (primary N) is 1. The van der Waals surface area contributed by atoms with Crippen molar-refractivity contribution in [1.82, 2.24) is 5.32 Å². The molecule has 2 rings (SSSR count). The summed E-state index contributed by atoms with van der Waals surface area (Å²) in [5, 5.41) is 2.75. The predicted octanol–water partition coefficient (Wildman–Crippen LogP) is 1.16. The van der Waals surface area contributed by atoms with Crippen LogP contribution in [-0.4, -0.2) is 25.6 Å². The smallest absolute Gasteiger partial charge is 0.255 e. The first kappa shape index (κ1) is 11.9. The maximum absolute atomic E-state index is 11.8. The molecule has 0 unspecified atom stereocenters. The first-order valence-electron chi connectivity index (χ1n) is 6.01. The minimum Gasteiger partial charge on any atom is -0.492 e. The molecule has 1 aliphatic carbocycles. The molecule has 1 aromatic carbocycles. The van der Waals surface area contributed by atoms with E-state index < -0.39 is 0 Å². The average Bonchev–Trinajstić information content (AvgIpc) is 3.18. The SMILES string of the molecule is NCCNC(=O)c1ccccc1OCC1CC1. The molecule has 1 aromatic rings. The fraction of sp³-hybridized carbons (Fsp3) is 0.462. The summed E-state index contributed by atoms with van der Waals surface area (Å²) >= 11 is 0. The first-order valence-corrected chi connectivity index (χ1v) is 6.01. The molecule has 0 aliphatic heterocycles. The standard InChI is InChI=1S/C13H18N2O2/c14-7-8-15-13(16)11-3-1-2-4-12(11)17-9-10-5-6-10/h1-4,10H,5-9,14H2,(H,15,16). The highest BCUT2D eigenvalue weighted by atomic mass is 16.5. The number of amides is 1. The van der Waals surface area contributed by atoms with Crippen LogP contribution in [0.4, 0.5) is 0 Å². The monoisotopic (exact) mass is 234 g/mol. The summed E-state index contributed by atoms with van der Waals surface area (Å²) in [4.78, 5) is 11.8. The lowest BCUT2D eigenvalue weighted by Crippen LogP contribution is -2.29. The van der Waals surface area contributed by atoms with E-state index in [1.165, 1.54) is 12.8 Å². The van der Waals surface area contributed by atoms with Crippen molar-refractivity contribution in [3.63, 3.8) is 0 Å². The average molecular weight is 234 g/mol. The summed E-state index contributed by atoms with van der Waals surface area (Å²) in [6, 6.07) is 7.32. The fourth-order valence-electron chi connectivity index (χ4n) is 1.55. The van der Waals surface area contributed by atoms with Gasteiger partial charge in [-0.15, -0.1) is 0 Å². The van der Waals surface area contributed by atoms with Gasteiger partial charge in [0.1, 0.15) is 5.75 Å². The second kappa shape index (κ2) is 5.68. The van der Waals surface area contributed by atoms with Crippen LogP contribution in [0.5, 0.6) is 5.75 Å². The highest BCUT2D eigenvalue weighted by Crippen LogP contribution is 2.30. The van der Waals surface area contributed by atoms with Crippen LogP contribution in [0.15, 0.2) is 24.3 Å². The van der Waals surface area contributed by atoms with Crippen LogP contribution in [0.3, 0.4) is 0 Å². The molecule has 4 heteroatoms. The summed E-state index contributed by atoms with van der Waals surface area (Å²) in [5.74, 6) is 1.21. The van der Waals surface area contributed by atoms with Gasteiger partial charge in [0.25, 0.3) is 5.91 Å². The van der Waals surface area contributed by atoms with E-state index in [1.807, 2.05) is 18.2 Å². The van der Waals surface area contributed by atoms with E-state index in [2.05, 4.69) is 5.32 Å². The Bertz CT molecular complexity index is 389. The van der Waals surface area contributed by atoms with Gasteiger partial charge in [-0.25, -0.2) is 0 Å². The number of rotatable bonds is 6. The van der Waals surface area contributed by atoms with Gasteiger partial charge in [0.05, 0.1) is 12.2 Å². The summed E-state index contributed by atoms with van der Waals surface area (Å²) in [6.45, 7) is 1.63. The van der Waals surface area contributed by atoms with E-state index in [0.29, 0.717) is 36.9 Å². The molecule has 3 N–H and O–H groups in total. The molecule has 0 radical (unpaired) electrons. The quantitative estimate of drug-likeness (QED) is 0.776. The number of carbonyl (C=O) groups excluding carboxylic acids is 1. The van der Waals surface area contributed by atoms with E-state index in [-0.39, 0.29) is 5.91 Å². The Labute approximate surface area is 101 Å². The van der Waals surface area contributed by atoms with Gasteiger partial charge in [-0.1, -0.05) is 12.1 Å². The maximum Gasteiger partial charge on any atom is 0.255 e. The van der Waals surface area contributed by atoms with Gasteiger partial charge in [0, 0.05) is 13.1 Å². The summed E-state index contributed by atoms with van der Waals surface area (Å²) in [7, 11) is 0. The number of benzene rings is 1. The molecule has 0 saturated heterocycles. The van der Waals surface area contributed by atoms with Crippen molar-refractivity contribution in [1.29, 1.82) is 0 Å². The molecular formula is C13H18N2O2. The zero-order valence-electron chi connectivity index (χ0n) is 9.82. The topological polar surface area (TPSA) is 64.3 Å². The Hall–Kier alpha value is -1.55. The molecule has 1 amide bonds. The number of ether oxygens (including phenoxy) is 1.